The molecule has 0 aliphatic carbocycles. The van der Waals surface area contributed by atoms with Gasteiger partial charge < -0.3 is 5.11 Å². The van der Waals surface area contributed by atoms with Crippen LogP contribution in [0.3, 0.4) is 0 Å². The van der Waals surface area contributed by atoms with Gasteiger partial charge in [0.15, 0.2) is 0 Å². The van der Waals surface area contributed by atoms with E-state index in [2.05, 4.69) is 4.99 Å². The van der Waals surface area contributed by atoms with E-state index in [4.69, 9.17) is 23.2 Å². The summed E-state index contributed by atoms with van der Waals surface area (Å²) >= 11 is 12.0. The summed E-state index contributed by atoms with van der Waals surface area (Å²) < 4.78 is 0. The molecule has 0 atom stereocenters. The van der Waals surface area contributed by atoms with Crippen molar-refractivity contribution < 1.29 is 5.11 Å². The molecule has 2 aromatic rings. The highest BCUT2D eigenvalue weighted by Crippen LogP contribution is 2.27. The number of benzene rings is 2. The highest BCUT2D eigenvalue weighted by Gasteiger charge is 2.02. The first-order valence-electron chi connectivity index (χ1n) is 4.94. The average Bonchev–Trinajstić information content (AvgIpc) is 2.30. The molecule has 2 nitrogen and oxygen atoms in total. The molecule has 0 aromatic heterocycles. The van der Waals surface area contributed by atoms with E-state index in [1.165, 1.54) is 0 Å². The van der Waals surface area contributed by atoms with Crippen LogP contribution in [0.15, 0.2) is 47.5 Å². The molecular weight excluding hydrogens is 257 g/mol. The van der Waals surface area contributed by atoms with Gasteiger partial charge in [-0.15, -0.1) is 0 Å². The van der Waals surface area contributed by atoms with Gasteiger partial charge in [0.1, 0.15) is 11.4 Å². The lowest BCUT2D eigenvalue weighted by atomic mass is 10.2. The van der Waals surface area contributed by atoms with Gasteiger partial charge in [-0.3, -0.25) is 4.99 Å². The molecule has 0 heterocycles. The number of phenolic OH excluding ortho intramolecular Hbond substituents is 1. The van der Waals surface area contributed by atoms with Gasteiger partial charge in [-0.1, -0.05) is 41.4 Å². The van der Waals surface area contributed by atoms with Crippen LogP contribution in [0.2, 0.25) is 10.0 Å². The van der Waals surface area contributed by atoms with E-state index < -0.39 is 0 Å². The first-order valence-corrected chi connectivity index (χ1v) is 5.70. The van der Waals surface area contributed by atoms with E-state index >= 15 is 0 Å². The SMILES string of the molecule is Oc1ccccc1N=Cc1c(Cl)cccc1Cl. The number of rotatable bonds is 2. The van der Waals surface area contributed by atoms with E-state index in [1.807, 2.05) is 0 Å². The molecule has 0 spiro atoms. The number of hydrogen-bond donors (Lipinski definition) is 1. The summed E-state index contributed by atoms with van der Waals surface area (Å²) in [6.07, 6.45) is 1.54. The Morgan fingerprint density at radius 1 is 0.941 bits per heavy atom. The maximum Gasteiger partial charge on any atom is 0.141 e. The summed E-state index contributed by atoms with van der Waals surface area (Å²) in [5.74, 6) is 0.118. The lowest BCUT2D eigenvalue weighted by Gasteiger charge is -2.01. The van der Waals surface area contributed by atoms with Crippen LogP contribution in [0.1, 0.15) is 5.56 Å². The Bertz CT molecular complexity index is 547. The third-order valence-electron chi connectivity index (χ3n) is 2.21. The van der Waals surface area contributed by atoms with E-state index in [9.17, 15) is 5.11 Å². The quantitative estimate of drug-likeness (QED) is 0.800. The van der Waals surface area contributed by atoms with Crippen LogP contribution < -0.4 is 0 Å². The van der Waals surface area contributed by atoms with Gasteiger partial charge in [0, 0.05) is 11.8 Å². The zero-order chi connectivity index (χ0) is 12.3. The number of aromatic hydroxyl groups is 1. The average molecular weight is 266 g/mol. The second-order valence-electron chi connectivity index (χ2n) is 3.38. The highest BCUT2D eigenvalue weighted by molar-refractivity contribution is 6.38. The van der Waals surface area contributed by atoms with Crippen LogP contribution in [0.4, 0.5) is 5.69 Å². The standard InChI is InChI=1S/C13H9Cl2NO/c14-10-4-3-5-11(15)9(10)8-16-12-6-1-2-7-13(12)17/h1-8,17H. The molecule has 0 aliphatic rings. The summed E-state index contributed by atoms with van der Waals surface area (Å²) in [6.45, 7) is 0. The van der Waals surface area contributed by atoms with E-state index in [-0.39, 0.29) is 5.75 Å². The van der Waals surface area contributed by atoms with Crippen molar-refractivity contribution in [3.05, 3.63) is 58.1 Å². The predicted octanol–water partition coefficient (Wildman–Crippen LogP) is 4.45. The molecule has 0 fully saturated rings. The fourth-order valence-corrected chi connectivity index (χ4v) is 1.84. The van der Waals surface area contributed by atoms with Crippen molar-refractivity contribution in [3.63, 3.8) is 0 Å². The minimum absolute atomic E-state index is 0.118. The van der Waals surface area contributed by atoms with E-state index in [0.717, 1.165) is 0 Å². The van der Waals surface area contributed by atoms with Crippen molar-refractivity contribution in [2.24, 2.45) is 4.99 Å². The second kappa shape index (κ2) is 5.21. The van der Waals surface area contributed by atoms with Gasteiger partial charge in [-0.05, 0) is 24.3 Å². The van der Waals surface area contributed by atoms with Crippen molar-refractivity contribution in [3.8, 4) is 5.75 Å². The summed E-state index contributed by atoms with van der Waals surface area (Å²) in [7, 11) is 0. The number of hydrogen-bond acceptors (Lipinski definition) is 2. The molecule has 17 heavy (non-hydrogen) atoms. The second-order valence-corrected chi connectivity index (χ2v) is 4.20. The molecule has 4 heteroatoms. The van der Waals surface area contributed by atoms with Gasteiger partial charge in [0.05, 0.1) is 10.0 Å². The Labute approximate surface area is 109 Å². The Morgan fingerprint density at radius 2 is 1.59 bits per heavy atom. The first kappa shape index (κ1) is 12.0. The molecule has 0 amide bonds. The summed E-state index contributed by atoms with van der Waals surface area (Å²) in [6, 6.07) is 12.0. The number of phenols is 1. The van der Waals surface area contributed by atoms with Gasteiger partial charge >= 0.3 is 0 Å². The van der Waals surface area contributed by atoms with Crippen molar-refractivity contribution >= 4 is 35.1 Å². The molecule has 0 aliphatic heterocycles. The lowest BCUT2D eigenvalue weighted by molar-refractivity contribution is 0.477. The molecule has 0 unspecified atom stereocenters. The molecular formula is C13H9Cl2NO. The van der Waals surface area contributed by atoms with Crippen LogP contribution in [0.5, 0.6) is 5.75 Å². The zero-order valence-corrected chi connectivity index (χ0v) is 10.3. The van der Waals surface area contributed by atoms with Crippen LogP contribution >= 0.6 is 23.2 Å². The molecule has 0 saturated carbocycles. The minimum atomic E-state index is 0.118. The smallest absolute Gasteiger partial charge is 0.141 e. The highest BCUT2D eigenvalue weighted by atomic mass is 35.5. The van der Waals surface area contributed by atoms with Gasteiger partial charge in [0.2, 0.25) is 0 Å². The predicted molar refractivity (Wildman–Crippen MR) is 71.8 cm³/mol. The number of halogens is 2. The third kappa shape index (κ3) is 2.78. The normalized spacial score (nSPS) is 10.9. The monoisotopic (exact) mass is 265 g/mol. The summed E-state index contributed by atoms with van der Waals surface area (Å²) in [4.78, 5) is 4.15. The largest absolute Gasteiger partial charge is 0.506 e. The Kier molecular flexibility index (Phi) is 3.67. The maximum absolute atomic E-state index is 9.55. The van der Waals surface area contributed by atoms with Crippen LogP contribution in [0.25, 0.3) is 0 Å². The molecule has 0 saturated heterocycles. The van der Waals surface area contributed by atoms with Crippen LogP contribution in [0, 0.1) is 0 Å². The fraction of sp³-hybridized carbons (Fsp3) is 0. The van der Waals surface area contributed by atoms with Gasteiger partial charge in [-0.25, -0.2) is 0 Å². The molecule has 1 N–H and O–H groups in total. The van der Waals surface area contributed by atoms with Crippen LogP contribution in [-0.4, -0.2) is 11.3 Å². The van der Waals surface area contributed by atoms with E-state index in [1.54, 1.807) is 48.7 Å². The first-order chi connectivity index (χ1) is 8.18. The number of nitrogens with zero attached hydrogens (tertiary/aromatic N) is 1. The van der Waals surface area contributed by atoms with Gasteiger partial charge in [-0.2, -0.15) is 0 Å². The molecule has 2 aromatic carbocycles. The molecule has 86 valence electrons. The lowest BCUT2D eigenvalue weighted by Crippen LogP contribution is -1.84. The fourth-order valence-electron chi connectivity index (χ4n) is 1.34. The van der Waals surface area contributed by atoms with Crippen LogP contribution in [-0.2, 0) is 0 Å². The number of aliphatic imine (C=N–C) groups is 1. The minimum Gasteiger partial charge on any atom is -0.506 e. The Hall–Kier alpha value is -1.51. The zero-order valence-electron chi connectivity index (χ0n) is 8.77. The third-order valence-corrected chi connectivity index (χ3v) is 2.87. The molecule has 0 bridgehead atoms. The topological polar surface area (TPSA) is 32.6 Å². The maximum atomic E-state index is 9.55. The molecule has 0 radical (unpaired) electrons. The Morgan fingerprint density at radius 3 is 2.24 bits per heavy atom. The summed E-state index contributed by atoms with van der Waals surface area (Å²) in [5.41, 5.74) is 1.11. The molecule has 2 rings (SSSR count). The Balaban J connectivity index is 2.36. The van der Waals surface area contributed by atoms with Crippen molar-refractivity contribution in [1.29, 1.82) is 0 Å². The number of para-hydroxylation sites is 2. The van der Waals surface area contributed by atoms with E-state index in [0.29, 0.717) is 21.3 Å². The van der Waals surface area contributed by atoms with Crippen molar-refractivity contribution in [1.82, 2.24) is 0 Å². The van der Waals surface area contributed by atoms with Crippen molar-refractivity contribution in [2.45, 2.75) is 0 Å². The van der Waals surface area contributed by atoms with Gasteiger partial charge in [0.25, 0.3) is 0 Å². The van der Waals surface area contributed by atoms with Crippen molar-refractivity contribution in [2.75, 3.05) is 0 Å². The summed E-state index contributed by atoms with van der Waals surface area (Å²) in [5, 5.41) is 10.6.